The molecule has 0 aliphatic heterocycles. The summed E-state index contributed by atoms with van der Waals surface area (Å²) in [5, 5.41) is 7.40. The second-order valence-electron chi connectivity index (χ2n) is 3.91. The van der Waals surface area contributed by atoms with Gasteiger partial charge in [0.2, 0.25) is 0 Å². The Morgan fingerprint density at radius 2 is 2.12 bits per heavy atom. The molecule has 0 spiro atoms. The zero-order valence-electron chi connectivity index (χ0n) is 10.0. The van der Waals surface area contributed by atoms with E-state index >= 15 is 0 Å². The first-order valence-electron chi connectivity index (χ1n) is 5.76. The molecule has 0 saturated carbocycles. The smallest absolute Gasteiger partial charge is 0.0593 e. The summed E-state index contributed by atoms with van der Waals surface area (Å²) in [4.78, 5) is 0. The van der Waals surface area contributed by atoms with Gasteiger partial charge in [0, 0.05) is 18.3 Å². The molecule has 2 aromatic rings. The van der Waals surface area contributed by atoms with Gasteiger partial charge in [0.1, 0.15) is 0 Å². The largest absolute Gasteiger partial charge is 0.316 e. The van der Waals surface area contributed by atoms with E-state index in [-0.39, 0.29) is 0 Å². The van der Waals surface area contributed by atoms with E-state index in [0.29, 0.717) is 0 Å². The quantitative estimate of drug-likeness (QED) is 0.849. The molecule has 3 nitrogen and oxygen atoms in total. The van der Waals surface area contributed by atoms with E-state index < -0.39 is 0 Å². The Bertz CT molecular complexity index is 471. The van der Waals surface area contributed by atoms with Crippen LogP contribution in [0.25, 0.3) is 6.08 Å². The Balaban J connectivity index is 1.91. The van der Waals surface area contributed by atoms with Crippen molar-refractivity contribution in [2.24, 2.45) is 0 Å². The highest BCUT2D eigenvalue weighted by atomic mass is 15.3. The number of nitrogens with one attached hydrogen (secondary N) is 1. The van der Waals surface area contributed by atoms with Crippen molar-refractivity contribution in [3.63, 3.8) is 0 Å². The Morgan fingerprint density at radius 1 is 1.29 bits per heavy atom. The summed E-state index contributed by atoms with van der Waals surface area (Å²) in [6.45, 7) is 1.67. The van der Waals surface area contributed by atoms with Gasteiger partial charge in [0.25, 0.3) is 0 Å². The predicted molar refractivity (Wildman–Crippen MR) is 70.5 cm³/mol. The molecule has 0 fully saturated rings. The fourth-order valence-electron chi connectivity index (χ4n) is 1.66. The summed E-state index contributed by atoms with van der Waals surface area (Å²) < 4.78 is 1.94. The molecular formula is C14H17N3. The average molecular weight is 227 g/mol. The van der Waals surface area contributed by atoms with Gasteiger partial charge in [0.15, 0.2) is 0 Å². The molecule has 0 aliphatic carbocycles. The molecule has 1 heterocycles. The van der Waals surface area contributed by atoms with E-state index in [1.165, 1.54) is 11.1 Å². The van der Waals surface area contributed by atoms with Gasteiger partial charge < -0.3 is 5.32 Å². The van der Waals surface area contributed by atoms with Crippen LogP contribution in [0.15, 0.2) is 48.8 Å². The van der Waals surface area contributed by atoms with Gasteiger partial charge in [-0.25, -0.2) is 0 Å². The highest BCUT2D eigenvalue weighted by Crippen LogP contribution is 2.02. The third kappa shape index (κ3) is 3.57. The number of hydrogen-bond acceptors (Lipinski definition) is 2. The number of benzene rings is 1. The number of allylic oxidation sites excluding steroid dienone is 1. The fourth-order valence-corrected chi connectivity index (χ4v) is 1.66. The van der Waals surface area contributed by atoms with Crippen LogP contribution in [0.3, 0.4) is 0 Å². The molecule has 0 aliphatic rings. The molecule has 1 aromatic carbocycles. The van der Waals surface area contributed by atoms with Gasteiger partial charge in [-0.3, -0.25) is 4.68 Å². The van der Waals surface area contributed by atoms with Crippen LogP contribution in [0.1, 0.15) is 11.1 Å². The standard InChI is InChI=1S/C14H17N3/c1-15-10-14-11-16-17(12-14)9-5-8-13-6-3-2-4-7-13/h2-8,11-12,15H,9-10H2,1H3/b8-5+. The summed E-state index contributed by atoms with van der Waals surface area (Å²) in [6.07, 6.45) is 8.18. The lowest BCUT2D eigenvalue weighted by atomic mass is 10.2. The molecule has 2 rings (SSSR count). The zero-order chi connectivity index (χ0) is 11.9. The van der Waals surface area contributed by atoms with Gasteiger partial charge in [-0.1, -0.05) is 42.5 Å². The number of rotatable bonds is 5. The molecule has 3 heteroatoms. The second kappa shape index (κ2) is 6.01. The minimum absolute atomic E-state index is 0.804. The lowest BCUT2D eigenvalue weighted by molar-refractivity contribution is 0.701. The van der Waals surface area contributed by atoms with E-state index in [2.05, 4.69) is 40.9 Å². The molecule has 0 saturated heterocycles. The van der Waals surface area contributed by atoms with Gasteiger partial charge >= 0.3 is 0 Å². The van der Waals surface area contributed by atoms with Crippen LogP contribution in [0.5, 0.6) is 0 Å². The first-order chi connectivity index (χ1) is 8.38. The fraction of sp³-hybridized carbons (Fsp3) is 0.214. The second-order valence-corrected chi connectivity index (χ2v) is 3.91. The third-order valence-electron chi connectivity index (χ3n) is 2.47. The van der Waals surface area contributed by atoms with Crippen molar-refractivity contribution in [2.45, 2.75) is 13.1 Å². The van der Waals surface area contributed by atoms with Crippen molar-refractivity contribution in [1.29, 1.82) is 0 Å². The molecule has 0 atom stereocenters. The van der Waals surface area contributed by atoms with Crippen LogP contribution in [-0.4, -0.2) is 16.8 Å². The van der Waals surface area contributed by atoms with Crippen LogP contribution in [0.2, 0.25) is 0 Å². The van der Waals surface area contributed by atoms with E-state index in [9.17, 15) is 0 Å². The van der Waals surface area contributed by atoms with Crippen LogP contribution < -0.4 is 5.32 Å². The van der Waals surface area contributed by atoms with Gasteiger partial charge in [-0.2, -0.15) is 5.10 Å². The highest BCUT2D eigenvalue weighted by molar-refractivity contribution is 5.48. The third-order valence-corrected chi connectivity index (χ3v) is 2.47. The van der Waals surface area contributed by atoms with Gasteiger partial charge in [0.05, 0.1) is 12.7 Å². The first-order valence-corrected chi connectivity index (χ1v) is 5.76. The lowest BCUT2D eigenvalue weighted by Crippen LogP contribution is -2.03. The Hall–Kier alpha value is -1.87. The van der Waals surface area contributed by atoms with Crippen LogP contribution in [-0.2, 0) is 13.1 Å². The van der Waals surface area contributed by atoms with Gasteiger partial charge in [-0.15, -0.1) is 0 Å². The summed E-state index contributed by atoms with van der Waals surface area (Å²) in [5.74, 6) is 0. The highest BCUT2D eigenvalue weighted by Gasteiger charge is 1.94. The first kappa shape index (κ1) is 11.6. The minimum atomic E-state index is 0.804. The zero-order valence-corrected chi connectivity index (χ0v) is 10.0. The van der Waals surface area contributed by atoms with E-state index in [4.69, 9.17) is 0 Å². The van der Waals surface area contributed by atoms with Crippen LogP contribution >= 0.6 is 0 Å². The Labute approximate surface area is 102 Å². The molecule has 1 aromatic heterocycles. The maximum atomic E-state index is 4.29. The van der Waals surface area contributed by atoms with Crippen LogP contribution in [0.4, 0.5) is 0 Å². The average Bonchev–Trinajstić information content (AvgIpc) is 2.79. The molecule has 1 N–H and O–H groups in total. The summed E-state index contributed by atoms with van der Waals surface area (Å²) in [7, 11) is 1.94. The summed E-state index contributed by atoms with van der Waals surface area (Å²) in [6, 6.07) is 10.3. The van der Waals surface area contributed by atoms with Gasteiger partial charge in [-0.05, 0) is 12.6 Å². The maximum absolute atomic E-state index is 4.29. The van der Waals surface area contributed by atoms with Crippen LogP contribution in [0, 0.1) is 0 Å². The lowest BCUT2D eigenvalue weighted by Gasteiger charge is -1.95. The molecule has 17 heavy (non-hydrogen) atoms. The van der Waals surface area contributed by atoms with Crippen molar-refractivity contribution < 1.29 is 0 Å². The normalized spacial score (nSPS) is 11.1. The minimum Gasteiger partial charge on any atom is -0.316 e. The molecular weight excluding hydrogens is 210 g/mol. The Kier molecular flexibility index (Phi) is 4.11. The molecule has 0 bridgehead atoms. The molecule has 0 amide bonds. The summed E-state index contributed by atoms with van der Waals surface area (Å²) >= 11 is 0. The van der Waals surface area contributed by atoms with E-state index in [1.807, 2.05) is 36.1 Å². The van der Waals surface area contributed by atoms with Crippen molar-refractivity contribution in [3.8, 4) is 0 Å². The van der Waals surface area contributed by atoms with Crippen molar-refractivity contribution in [2.75, 3.05) is 7.05 Å². The summed E-state index contributed by atoms with van der Waals surface area (Å²) in [5.41, 5.74) is 2.43. The van der Waals surface area contributed by atoms with E-state index in [0.717, 1.165) is 13.1 Å². The number of hydrogen-bond donors (Lipinski definition) is 1. The molecule has 0 unspecified atom stereocenters. The predicted octanol–water partition coefficient (Wildman–Crippen LogP) is 2.32. The Morgan fingerprint density at radius 3 is 2.88 bits per heavy atom. The van der Waals surface area contributed by atoms with Crippen molar-refractivity contribution in [3.05, 3.63) is 59.9 Å². The topological polar surface area (TPSA) is 29.9 Å². The SMILES string of the molecule is CNCc1cnn(C/C=C/c2ccccc2)c1. The molecule has 0 radical (unpaired) electrons. The monoisotopic (exact) mass is 227 g/mol. The number of aromatic nitrogens is 2. The maximum Gasteiger partial charge on any atom is 0.0593 e. The van der Waals surface area contributed by atoms with Crippen molar-refractivity contribution in [1.82, 2.24) is 15.1 Å². The van der Waals surface area contributed by atoms with E-state index in [1.54, 1.807) is 0 Å². The van der Waals surface area contributed by atoms with Crippen molar-refractivity contribution >= 4 is 6.08 Å². The molecule has 88 valence electrons. The number of nitrogens with zero attached hydrogens (tertiary/aromatic N) is 2.